The maximum atomic E-state index is 2.48. The molecular weight excluding hydrogens is 631 g/mol. The maximum absolute atomic E-state index is 2.48. The van der Waals surface area contributed by atoms with Crippen LogP contribution in [0.5, 0.6) is 0 Å². The minimum atomic E-state index is 1.13. The lowest BCUT2D eigenvalue weighted by Gasteiger charge is -2.28. The molecule has 0 unspecified atom stereocenters. The van der Waals surface area contributed by atoms with E-state index in [4.69, 9.17) is 0 Å². The summed E-state index contributed by atoms with van der Waals surface area (Å²) in [6.07, 6.45) is 0. The van der Waals surface area contributed by atoms with E-state index >= 15 is 0 Å². The van der Waals surface area contributed by atoms with Crippen LogP contribution in [-0.4, -0.2) is 0 Å². The molecule has 2 aromatic heterocycles. The Morgan fingerprint density at radius 2 is 0.837 bits per heavy atom. The number of rotatable bonds is 5. The third-order valence-corrected chi connectivity index (χ3v) is 12.1. The zero-order valence-electron chi connectivity index (χ0n) is 26.5. The van der Waals surface area contributed by atoms with Crippen LogP contribution in [0.4, 0.5) is 17.1 Å². The molecule has 0 N–H and O–H groups in total. The van der Waals surface area contributed by atoms with Crippen LogP contribution in [0.25, 0.3) is 73.4 Å². The Balaban J connectivity index is 1.22. The molecule has 10 rings (SSSR count). The molecule has 3 heteroatoms. The summed E-state index contributed by atoms with van der Waals surface area (Å²) in [4.78, 5) is 2.48. The van der Waals surface area contributed by atoms with Gasteiger partial charge in [0.05, 0.1) is 16.1 Å². The quantitative estimate of drug-likeness (QED) is 0.178. The predicted molar refractivity (Wildman–Crippen MR) is 215 cm³/mol. The Morgan fingerprint density at radius 3 is 1.63 bits per heavy atom. The predicted octanol–water partition coefficient (Wildman–Crippen LogP) is 14.4. The van der Waals surface area contributed by atoms with Crippen LogP contribution in [-0.2, 0) is 0 Å². The second-order valence-electron chi connectivity index (χ2n) is 12.5. The van der Waals surface area contributed by atoms with Crippen LogP contribution >= 0.6 is 22.7 Å². The highest BCUT2D eigenvalue weighted by molar-refractivity contribution is 7.26. The van der Waals surface area contributed by atoms with Gasteiger partial charge in [0.15, 0.2) is 0 Å². The Morgan fingerprint density at radius 1 is 0.327 bits per heavy atom. The van der Waals surface area contributed by atoms with Crippen molar-refractivity contribution in [2.45, 2.75) is 0 Å². The molecule has 2 heterocycles. The van der Waals surface area contributed by atoms with Gasteiger partial charge in [0.1, 0.15) is 0 Å². The summed E-state index contributed by atoms with van der Waals surface area (Å²) < 4.78 is 5.23. The number of hydrogen-bond acceptors (Lipinski definition) is 3. The van der Waals surface area contributed by atoms with Gasteiger partial charge >= 0.3 is 0 Å². The molecule has 0 atom stereocenters. The first-order valence-electron chi connectivity index (χ1n) is 16.6. The average molecular weight is 660 g/mol. The third kappa shape index (κ3) is 4.58. The first kappa shape index (κ1) is 28.3. The Kier molecular flexibility index (Phi) is 6.61. The Labute approximate surface area is 292 Å². The van der Waals surface area contributed by atoms with Gasteiger partial charge in [0.25, 0.3) is 0 Å². The summed E-state index contributed by atoms with van der Waals surface area (Å²) in [7, 11) is 0. The third-order valence-electron chi connectivity index (χ3n) is 9.69. The molecule has 0 aliphatic carbocycles. The van der Waals surface area contributed by atoms with Crippen molar-refractivity contribution in [3.63, 3.8) is 0 Å². The number of fused-ring (bicyclic) bond motifs is 7. The zero-order valence-corrected chi connectivity index (χ0v) is 28.1. The minimum Gasteiger partial charge on any atom is -0.308 e. The first-order chi connectivity index (χ1) is 24.3. The van der Waals surface area contributed by atoms with Crippen molar-refractivity contribution in [3.05, 3.63) is 176 Å². The van der Waals surface area contributed by atoms with Crippen molar-refractivity contribution in [3.8, 4) is 22.3 Å². The van der Waals surface area contributed by atoms with Crippen molar-refractivity contribution in [2.75, 3.05) is 4.90 Å². The van der Waals surface area contributed by atoms with Crippen LogP contribution in [0.2, 0.25) is 0 Å². The van der Waals surface area contributed by atoms with E-state index in [-0.39, 0.29) is 0 Å². The van der Waals surface area contributed by atoms with Crippen molar-refractivity contribution in [1.82, 2.24) is 0 Å². The molecule has 0 saturated heterocycles. The van der Waals surface area contributed by atoms with Crippen molar-refractivity contribution >= 4 is 90.9 Å². The fraction of sp³-hybridized carbons (Fsp3) is 0. The van der Waals surface area contributed by atoms with E-state index in [9.17, 15) is 0 Å². The highest BCUT2D eigenvalue weighted by Crippen LogP contribution is 2.49. The lowest BCUT2D eigenvalue weighted by Crippen LogP contribution is -2.11. The number of hydrogen-bond donors (Lipinski definition) is 0. The Hall–Kier alpha value is -5.74. The second kappa shape index (κ2) is 11.5. The molecule has 230 valence electrons. The molecule has 0 spiro atoms. The monoisotopic (exact) mass is 659 g/mol. The van der Waals surface area contributed by atoms with Gasteiger partial charge in [-0.2, -0.15) is 0 Å². The summed E-state index contributed by atoms with van der Waals surface area (Å²) in [5.74, 6) is 0. The van der Waals surface area contributed by atoms with Crippen molar-refractivity contribution < 1.29 is 0 Å². The van der Waals surface area contributed by atoms with E-state index in [0.29, 0.717) is 0 Å². The fourth-order valence-electron chi connectivity index (χ4n) is 7.44. The largest absolute Gasteiger partial charge is 0.308 e. The van der Waals surface area contributed by atoms with Crippen LogP contribution in [0.3, 0.4) is 0 Å². The molecule has 0 fully saturated rings. The van der Waals surface area contributed by atoms with Gasteiger partial charge in [-0.05, 0) is 58.3 Å². The van der Waals surface area contributed by atoms with Gasteiger partial charge in [-0.1, -0.05) is 140 Å². The standard InChI is InChI=1S/C46H29NS2/c1-2-14-33-30(12-1)13-9-18-34(33)31-26-28-32(29-27-31)47(42-23-11-21-40-37-17-5-8-25-44(37)49-46(40)42)41-22-6-3-15-35(41)38-19-10-20-39-36-16-4-7-24-43(36)48-45(38)39/h1-29H. The minimum absolute atomic E-state index is 1.13. The van der Waals surface area contributed by atoms with E-state index in [1.807, 2.05) is 22.7 Å². The highest BCUT2D eigenvalue weighted by Gasteiger charge is 2.22. The molecule has 0 radical (unpaired) electrons. The number of benzene rings is 8. The van der Waals surface area contributed by atoms with Crippen molar-refractivity contribution in [2.24, 2.45) is 0 Å². The molecule has 49 heavy (non-hydrogen) atoms. The summed E-state index contributed by atoms with van der Waals surface area (Å²) >= 11 is 3.76. The van der Waals surface area contributed by atoms with Crippen LogP contribution < -0.4 is 4.90 Å². The number of para-hydroxylation sites is 1. The van der Waals surface area contributed by atoms with Gasteiger partial charge < -0.3 is 4.90 Å². The van der Waals surface area contributed by atoms with E-state index in [2.05, 4.69) is 181 Å². The zero-order chi connectivity index (χ0) is 32.3. The second-order valence-corrected chi connectivity index (χ2v) is 14.6. The molecule has 0 saturated carbocycles. The van der Waals surface area contributed by atoms with Gasteiger partial charge in [-0.3, -0.25) is 0 Å². The topological polar surface area (TPSA) is 3.24 Å². The smallest absolute Gasteiger partial charge is 0.0640 e. The summed E-state index contributed by atoms with van der Waals surface area (Å²) in [5, 5.41) is 7.75. The van der Waals surface area contributed by atoms with Crippen LogP contribution in [0, 0.1) is 0 Å². The van der Waals surface area contributed by atoms with Gasteiger partial charge in [0.2, 0.25) is 0 Å². The molecule has 1 nitrogen and oxygen atoms in total. The molecular formula is C46H29NS2. The van der Waals surface area contributed by atoms with Gasteiger partial charge in [0, 0.05) is 52.5 Å². The summed E-state index contributed by atoms with van der Waals surface area (Å²) in [6, 6.07) is 64.4. The number of anilines is 3. The fourth-order valence-corrected chi connectivity index (χ4v) is 9.88. The first-order valence-corrected chi connectivity index (χ1v) is 18.2. The van der Waals surface area contributed by atoms with Crippen LogP contribution in [0.15, 0.2) is 176 Å². The average Bonchev–Trinajstić information content (AvgIpc) is 3.75. The summed E-state index contributed by atoms with van der Waals surface area (Å²) in [6.45, 7) is 0. The van der Waals surface area contributed by atoms with Gasteiger partial charge in [-0.25, -0.2) is 0 Å². The van der Waals surface area contributed by atoms with E-state index < -0.39 is 0 Å². The van der Waals surface area contributed by atoms with Crippen molar-refractivity contribution in [1.29, 1.82) is 0 Å². The summed E-state index contributed by atoms with van der Waals surface area (Å²) in [5.41, 5.74) is 8.42. The van der Waals surface area contributed by atoms with E-state index in [1.54, 1.807) is 0 Å². The lowest BCUT2D eigenvalue weighted by molar-refractivity contribution is 1.30. The number of thiophene rings is 2. The van der Waals surface area contributed by atoms with E-state index in [0.717, 1.165) is 11.4 Å². The maximum Gasteiger partial charge on any atom is 0.0640 e. The highest BCUT2D eigenvalue weighted by atomic mass is 32.1. The van der Waals surface area contributed by atoms with Crippen LogP contribution in [0.1, 0.15) is 0 Å². The van der Waals surface area contributed by atoms with Gasteiger partial charge in [-0.15, -0.1) is 22.7 Å². The van der Waals surface area contributed by atoms with E-state index in [1.165, 1.54) is 79.1 Å². The molecule has 0 bridgehead atoms. The molecule has 0 amide bonds. The Bertz CT molecular complexity index is 2830. The molecule has 8 aromatic carbocycles. The number of nitrogens with zero attached hydrogens (tertiary/aromatic N) is 1. The molecule has 10 aromatic rings. The molecule has 0 aliphatic rings. The lowest BCUT2D eigenvalue weighted by atomic mass is 9.97. The normalized spacial score (nSPS) is 11.7. The SMILES string of the molecule is c1ccc(N(c2ccc(-c3cccc4ccccc34)cc2)c2cccc3c2sc2ccccc23)c(-c2cccc3c2sc2ccccc23)c1. The molecule has 0 aliphatic heterocycles.